The van der Waals surface area contributed by atoms with Crippen molar-refractivity contribution in [1.82, 2.24) is 19.9 Å². The van der Waals surface area contributed by atoms with E-state index in [0.29, 0.717) is 42.4 Å². The second kappa shape index (κ2) is 10.3. The van der Waals surface area contributed by atoms with Crippen LogP contribution in [0.15, 0.2) is 36.7 Å². The fourth-order valence-electron chi connectivity index (χ4n) is 4.15. The minimum Gasteiger partial charge on any atom is -0.493 e. The minimum atomic E-state index is -0.553. The van der Waals surface area contributed by atoms with Gasteiger partial charge in [-0.3, -0.25) is 4.79 Å². The Morgan fingerprint density at radius 3 is 2.91 bits per heavy atom. The number of nitrogens with zero attached hydrogens (tertiary/aromatic N) is 4. The van der Waals surface area contributed by atoms with E-state index in [0.717, 1.165) is 31.2 Å². The Morgan fingerprint density at radius 1 is 1.31 bits per heavy atom. The van der Waals surface area contributed by atoms with Gasteiger partial charge in [0.25, 0.3) is 0 Å². The van der Waals surface area contributed by atoms with E-state index in [2.05, 4.69) is 20.3 Å². The largest absolute Gasteiger partial charge is 0.493 e. The van der Waals surface area contributed by atoms with Gasteiger partial charge in [0.05, 0.1) is 24.4 Å². The standard InChI is InChI=1S/C25H30FN5O4/c1-25(2,3)35-24(33)27-10-5-13-34-21-8-7-18(26)14-19(21)20-6-4-11-30(20)22-9-12-31-23(29-22)17(16-32)15-28-31/h7-9,12,14-16,20H,4-6,10-11,13H2,1-3H3,(H,27,33). The number of amides is 1. The molecule has 10 heteroatoms. The number of benzene rings is 1. The third-order valence-electron chi connectivity index (χ3n) is 5.63. The van der Waals surface area contributed by atoms with E-state index in [1.807, 2.05) is 26.8 Å². The maximum atomic E-state index is 14.3. The highest BCUT2D eigenvalue weighted by molar-refractivity contribution is 5.84. The van der Waals surface area contributed by atoms with E-state index >= 15 is 0 Å². The van der Waals surface area contributed by atoms with Crippen molar-refractivity contribution < 1.29 is 23.5 Å². The number of ether oxygens (including phenoxy) is 2. The number of hydrogen-bond acceptors (Lipinski definition) is 7. The lowest BCUT2D eigenvalue weighted by atomic mass is 10.0. The number of carbonyl (C=O) groups is 2. The molecule has 3 aromatic rings. The van der Waals surface area contributed by atoms with Crippen molar-refractivity contribution >= 4 is 23.8 Å². The molecule has 0 bridgehead atoms. The van der Waals surface area contributed by atoms with E-state index in [-0.39, 0.29) is 11.9 Å². The molecule has 4 rings (SSSR count). The zero-order valence-electron chi connectivity index (χ0n) is 20.2. The fraction of sp³-hybridized carbons (Fsp3) is 0.440. The Morgan fingerprint density at radius 2 is 2.14 bits per heavy atom. The number of aromatic nitrogens is 3. The summed E-state index contributed by atoms with van der Waals surface area (Å²) in [5.41, 5.74) is 1.09. The van der Waals surface area contributed by atoms with Crippen LogP contribution in [-0.2, 0) is 4.74 Å². The summed E-state index contributed by atoms with van der Waals surface area (Å²) in [7, 11) is 0. The average Bonchev–Trinajstić information content (AvgIpc) is 3.45. The SMILES string of the molecule is CC(C)(C)OC(=O)NCCCOc1ccc(F)cc1C1CCCN1c1ccn2ncc(C=O)c2n1. The van der Waals surface area contributed by atoms with Crippen LogP contribution in [0.5, 0.6) is 5.75 Å². The number of alkyl carbamates (subject to hydrolysis) is 1. The summed E-state index contributed by atoms with van der Waals surface area (Å²) in [5, 5.41) is 6.84. The molecule has 9 nitrogen and oxygen atoms in total. The molecule has 186 valence electrons. The summed E-state index contributed by atoms with van der Waals surface area (Å²) in [4.78, 5) is 29.9. The van der Waals surface area contributed by atoms with Gasteiger partial charge < -0.3 is 19.7 Å². The highest BCUT2D eigenvalue weighted by Gasteiger charge is 2.30. The number of rotatable bonds is 8. The lowest BCUT2D eigenvalue weighted by Crippen LogP contribution is -2.33. The van der Waals surface area contributed by atoms with Crippen molar-refractivity contribution in [3.8, 4) is 5.75 Å². The molecule has 1 atom stereocenters. The summed E-state index contributed by atoms with van der Waals surface area (Å²) in [6.45, 7) is 6.92. The summed E-state index contributed by atoms with van der Waals surface area (Å²) in [6, 6.07) is 6.24. The molecule has 1 aromatic carbocycles. The van der Waals surface area contributed by atoms with Crippen LogP contribution in [0, 0.1) is 5.82 Å². The van der Waals surface area contributed by atoms with Gasteiger partial charge in [-0.15, -0.1) is 0 Å². The monoisotopic (exact) mass is 483 g/mol. The molecule has 0 saturated carbocycles. The number of halogens is 1. The van der Waals surface area contributed by atoms with E-state index < -0.39 is 11.7 Å². The van der Waals surface area contributed by atoms with Crippen LogP contribution in [-0.4, -0.2) is 52.3 Å². The van der Waals surface area contributed by atoms with Crippen molar-refractivity contribution in [2.24, 2.45) is 0 Å². The lowest BCUT2D eigenvalue weighted by molar-refractivity contribution is 0.0525. The Balaban J connectivity index is 1.45. The number of carbonyl (C=O) groups excluding carboxylic acids is 2. The van der Waals surface area contributed by atoms with E-state index in [4.69, 9.17) is 9.47 Å². The zero-order valence-corrected chi connectivity index (χ0v) is 20.2. The van der Waals surface area contributed by atoms with E-state index in [1.54, 1.807) is 16.8 Å². The van der Waals surface area contributed by atoms with Crippen LogP contribution in [0.2, 0.25) is 0 Å². The number of hydrogen-bond donors (Lipinski definition) is 1. The lowest BCUT2D eigenvalue weighted by Gasteiger charge is -2.27. The average molecular weight is 484 g/mol. The second-order valence-corrected chi connectivity index (χ2v) is 9.44. The molecule has 2 aromatic heterocycles. The molecule has 1 fully saturated rings. The van der Waals surface area contributed by atoms with Gasteiger partial charge in [0.2, 0.25) is 0 Å². The fourth-order valence-corrected chi connectivity index (χ4v) is 4.15. The summed E-state index contributed by atoms with van der Waals surface area (Å²) in [5.74, 6) is 0.952. The third kappa shape index (κ3) is 5.87. The first kappa shape index (κ1) is 24.4. The number of fused-ring (bicyclic) bond motifs is 1. The first-order valence-corrected chi connectivity index (χ1v) is 11.7. The van der Waals surface area contributed by atoms with Crippen LogP contribution >= 0.6 is 0 Å². The van der Waals surface area contributed by atoms with Gasteiger partial charge in [-0.05, 0) is 64.3 Å². The van der Waals surface area contributed by atoms with Crippen LogP contribution < -0.4 is 15.0 Å². The maximum absolute atomic E-state index is 14.3. The van der Waals surface area contributed by atoms with Crippen molar-refractivity contribution in [3.63, 3.8) is 0 Å². The molecular formula is C25H30FN5O4. The molecule has 1 aliphatic heterocycles. The van der Waals surface area contributed by atoms with Crippen molar-refractivity contribution in [2.75, 3.05) is 24.6 Å². The first-order chi connectivity index (χ1) is 16.7. The smallest absolute Gasteiger partial charge is 0.407 e. The Hall–Kier alpha value is -3.69. The van der Waals surface area contributed by atoms with Gasteiger partial charge in [0, 0.05) is 24.8 Å². The van der Waals surface area contributed by atoms with E-state index in [9.17, 15) is 14.0 Å². The van der Waals surface area contributed by atoms with Crippen LogP contribution in [0.1, 0.15) is 62.0 Å². The van der Waals surface area contributed by atoms with Crippen molar-refractivity contribution in [3.05, 3.63) is 53.6 Å². The molecule has 1 saturated heterocycles. The van der Waals surface area contributed by atoms with Crippen molar-refractivity contribution in [1.29, 1.82) is 0 Å². The molecule has 1 N–H and O–H groups in total. The summed E-state index contributed by atoms with van der Waals surface area (Å²) in [6.07, 6.45) is 5.80. The minimum absolute atomic E-state index is 0.127. The predicted molar refractivity (Wildman–Crippen MR) is 128 cm³/mol. The van der Waals surface area contributed by atoms with Crippen LogP contribution in [0.4, 0.5) is 15.0 Å². The molecule has 1 unspecified atom stereocenters. The van der Waals surface area contributed by atoms with Gasteiger partial charge in [-0.1, -0.05) is 0 Å². The van der Waals surface area contributed by atoms with Gasteiger partial charge in [-0.2, -0.15) is 5.10 Å². The third-order valence-corrected chi connectivity index (χ3v) is 5.63. The second-order valence-electron chi connectivity index (χ2n) is 9.44. The molecular weight excluding hydrogens is 453 g/mol. The highest BCUT2D eigenvalue weighted by Crippen LogP contribution is 2.39. The number of anilines is 1. The first-order valence-electron chi connectivity index (χ1n) is 11.7. The van der Waals surface area contributed by atoms with Gasteiger partial charge in [-0.25, -0.2) is 18.7 Å². The number of nitrogens with one attached hydrogen (secondary N) is 1. The number of aldehydes is 1. The summed E-state index contributed by atoms with van der Waals surface area (Å²) >= 11 is 0. The van der Waals surface area contributed by atoms with Crippen molar-refractivity contribution in [2.45, 2.75) is 51.7 Å². The van der Waals surface area contributed by atoms with Crippen LogP contribution in [0.25, 0.3) is 5.65 Å². The zero-order chi connectivity index (χ0) is 25.0. The topological polar surface area (TPSA) is 98.1 Å². The molecule has 0 spiro atoms. The molecule has 0 aliphatic carbocycles. The van der Waals surface area contributed by atoms with E-state index in [1.165, 1.54) is 18.3 Å². The Bertz CT molecular complexity index is 1210. The molecule has 0 radical (unpaired) electrons. The maximum Gasteiger partial charge on any atom is 0.407 e. The van der Waals surface area contributed by atoms with Gasteiger partial charge in [0.1, 0.15) is 23.0 Å². The predicted octanol–water partition coefficient (Wildman–Crippen LogP) is 4.32. The summed E-state index contributed by atoms with van der Waals surface area (Å²) < 4.78 is 27.0. The molecule has 1 aliphatic rings. The molecule has 35 heavy (non-hydrogen) atoms. The molecule has 3 heterocycles. The highest BCUT2D eigenvalue weighted by atomic mass is 19.1. The Labute approximate surface area is 203 Å². The Kier molecular flexibility index (Phi) is 7.18. The van der Waals surface area contributed by atoms with Crippen LogP contribution in [0.3, 0.4) is 0 Å². The van der Waals surface area contributed by atoms with Gasteiger partial charge in [0.15, 0.2) is 11.9 Å². The quantitative estimate of drug-likeness (QED) is 0.376. The van der Waals surface area contributed by atoms with Gasteiger partial charge >= 0.3 is 6.09 Å². The normalized spacial score (nSPS) is 15.9. The molecule has 1 amide bonds.